The van der Waals surface area contributed by atoms with E-state index in [0.29, 0.717) is 0 Å². The average molecular weight is 263 g/mol. The van der Waals surface area contributed by atoms with Crippen LogP contribution in [0.5, 0.6) is 0 Å². The Bertz CT molecular complexity index is 290. The second-order valence-corrected chi connectivity index (χ2v) is 7.98. The van der Waals surface area contributed by atoms with Crippen molar-refractivity contribution in [3.8, 4) is 0 Å². The van der Waals surface area contributed by atoms with Crippen LogP contribution in [0.2, 0.25) is 0 Å². The van der Waals surface area contributed by atoms with E-state index in [-0.39, 0.29) is 0 Å². The van der Waals surface area contributed by atoms with Crippen LogP contribution in [0.3, 0.4) is 0 Å². The Hall–Kier alpha value is -0.0400. The van der Waals surface area contributed by atoms with E-state index in [9.17, 15) is 0 Å². The molecule has 3 unspecified atom stereocenters. The number of nitrogens with one attached hydrogen (secondary N) is 1. The molecule has 1 spiro atoms. The molecule has 3 saturated carbocycles. The van der Waals surface area contributed by atoms with E-state index in [1.165, 1.54) is 70.6 Å². The first kappa shape index (κ1) is 13.9. The zero-order chi connectivity index (χ0) is 13.3. The highest BCUT2D eigenvalue weighted by atomic mass is 15.0. The Labute approximate surface area is 119 Å². The van der Waals surface area contributed by atoms with E-state index in [1.54, 1.807) is 0 Å². The van der Waals surface area contributed by atoms with Crippen LogP contribution in [-0.4, -0.2) is 12.1 Å². The zero-order valence-electron chi connectivity index (χ0n) is 13.1. The molecule has 0 saturated heterocycles. The molecule has 0 heterocycles. The first-order valence-corrected chi connectivity index (χ1v) is 8.97. The van der Waals surface area contributed by atoms with Gasteiger partial charge in [-0.15, -0.1) is 0 Å². The Balaban J connectivity index is 1.60. The van der Waals surface area contributed by atoms with Gasteiger partial charge in [0.2, 0.25) is 0 Å². The average Bonchev–Trinajstić information content (AvgIpc) is 2.45. The molecular weight excluding hydrogens is 230 g/mol. The fraction of sp³-hybridized carbons (Fsp3) is 1.00. The van der Waals surface area contributed by atoms with Crippen molar-refractivity contribution in [2.45, 2.75) is 96.6 Å². The molecule has 1 heteroatoms. The Kier molecular flexibility index (Phi) is 4.22. The molecule has 0 aromatic carbocycles. The summed E-state index contributed by atoms with van der Waals surface area (Å²) >= 11 is 0. The van der Waals surface area contributed by atoms with Crippen LogP contribution in [0.25, 0.3) is 0 Å². The first-order chi connectivity index (χ1) is 9.21. The highest BCUT2D eigenvalue weighted by molar-refractivity contribution is 5.03. The van der Waals surface area contributed by atoms with Gasteiger partial charge in [-0.25, -0.2) is 0 Å². The summed E-state index contributed by atoms with van der Waals surface area (Å²) in [6, 6.07) is 1.70. The van der Waals surface area contributed by atoms with Crippen LogP contribution in [0.1, 0.15) is 84.5 Å². The van der Waals surface area contributed by atoms with Gasteiger partial charge in [0.15, 0.2) is 0 Å². The number of hydrogen-bond acceptors (Lipinski definition) is 1. The summed E-state index contributed by atoms with van der Waals surface area (Å²) in [7, 11) is 0. The molecule has 3 rings (SSSR count). The summed E-state index contributed by atoms with van der Waals surface area (Å²) in [6.07, 6.45) is 16.3. The highest BCUT2D eigenvalue weighted by Gasteiger charge is 2.47. The molecule has 3 atom stereocenters. The van der Waals surface area contributed by atoms with Crippen molar-refractivity contribution in [3.63, 3.8) is 0 Å². The van der Waals surface area contributed by atoms with Gasteiger partial charge >= 0.3 is 0 Å². The van der Waals surface area contributed by atoms with Gasteiger partial charge in [-0.05, 0) is 55.8 Å². The minimum Gasteiger partial charge on any atom is -0.310 e. The first-order valence-electron chi connectivity index (χ1n) is 8.97. The normalized spacial score (nSPS) is 38.4. The minimum atomic E-state index is 0.733. The van der Waals surface area contributed by atoms with Crippen molar-refractivity contribution in [1.29, 1.82) is 0 Å². The van der Waals surface area contributed by atoms with Crippen molar-refractivity contribution in [3.05, 3.63) is 0 Å². The van der Waals surface area contributed by atoms with Gasteiger partial charge in [-0.3, -0.25) is 0 Å². The third-order valence-electron chi connectivity index (χ3n) is 6.61. The van der Waals surface area contributed by atoms with Gasteiger partial charge in [0.1, 0.15) is 0 Å². The van der Waals surface area contributed by atoms with Crippen molar-refractivity contribution in [1.82, 2.24) is 5.32 Å². The van der Waals surface area contributed by atoms with E-state index in [1.807, 2.05) is 0 Å². The predicted octanol–water partition coefficient (Wildman–Crippen LogP) is 4.90. The fourth-order valence-corrected chi connectivity index (χ4v) is 5.23. The largest absolute Gasteiger partial charge is 0.310 e. The minimum absolute atomic E-state index is 0.733. The summed E-state index contributed by atoms with van der Waals surface area (Å²) in [6.45, 7) is 4.86. The second kappa shape index (κ2) is 5.76. The molecular formula is C18H33N. The molecule has 0 radical (unpaired) electrons. The summed E-state index contributed by atoms with van der Waals surface area (Å²) < 4.78 is 0. The molecule has 3 aliphatic rings. The van der Waals surface area contributed by atoms with Gasteiger partial charge in [0.05, 0.1) is 0 Å². The standard InChI is InChI=1S/C18H33N/c1-14(2)15-8-4-5-9-16(15)19-17-10-13-18(17)11-6-3-7-12-18/h14-17,19H,3-13H2,1-2H3. The maximum atomic E-state index is 4.15. The van der Waals surface area contributed by atoms with Crippen LogP contribution < -0.4 is 5.32 Å². The lowest BCUT2D eigenvalue weighted by molar-refractivity contribution is 0.00496. The molecule has 1 N–H and O–H groups in total. The number of rotatable bonds is 3. The fourth-order valence-electron chi connectivity index (χ4n) is 5.23. The summed E-state index contributed by atoms with van der Waals surface area (Å²) in [4.78, 5) is 0. The lowest BCUT2D eigenvalue weighted by atomic mass is 9.57. The number of hydrogen-bond donors (Lipinski definition) is 1. The van der Waals surface area contributed by atoms with Crippen LogP contribution >= 0.6 is 0 Å². The van der Waals surface area contributed by atoms with Crippen molar-refractivity contribution in [2.24, 2.45) is 17.3 Å². The van der Waals surface area contributed by atoms with Crippen molar-refractivity contribution < 1.29 is 0 Å². The molecule has 110 valence electrons. The Morgan fingerprint density at radius 2 is 1.58 bits per heavy atom. The molecule has 0 amide bonds. The van der Waals surface area contributed by atoms with Gasteiger partial charge in [0.25, 0.3) is 0 Å². The van der Waals surface area contributed by atoms with Gasteiger partial charge < -0.3 is 5.32 Å². The lowest BCUT2D eigenvalue weighted by Crippen LogP contribution is -2.59. The maximum Gasteiger partial charge on any atom is 0.0126 e. The van der Waals surface area contributed by atoms with Crippen molar-refractivity contribution in [2.75, 3.05) is 0 Å². The SMILES string of the molecule is CC(C)C1CCCCC1NC1CCC12CCCCC2. The van der Waals surface area contributed by atoms with Crippen LogP contribution in [-0.2, 0) is 0 Å². The highest BCUT2D eigenvalue weighted by Crippen LogP contribution is 2.52. The van der Waals surface area contributed by atoms with E-state index in [4.69, 9.17) is 0 Å². The smallest absolute Gasteiger partial charge is 0.0126 e. The van der Waals surface area contributed by atoms with Crippen LogP contribution in [0, 0.1) is 17.3 Å². The molecule has 0 aromatic heterocycles. The maximum absolute atomic E-state index is 4.15. The molecule has 0 bridgehead atoms. The molecule has 3 aliphatic carbocycles. The van der Waals surface area contributed by atoms with Gasteiger partial charge in [-0.2, -0.15) is 0 Å². The second-order valence-electron chi connectivity index (χ2n) is 7.98. The predicted molar refractivity (Wildman–Crippen MR) is 82.3 cm³/mol. The van der Waals surface area contributed by atoms with E-state index >= 15 is 0 Å². The third kappa shape index (κ3) is 2.73. The molecule has 0 aromatic rings. The summed E-state index contributed by atoms with van der Waals surface area (Å²) in [5.74, 6) is 1.80. The summed E-state index contributed by atoms with van der Waals surface area (Å²) in [5.41, 5.74) is 0.733. The van der Waals surface area contributed by atoms with E-state index in [2.05, 4.69) is 19.2 Å². The Morgan fingerprint density at radius 1 is 0.842 bits per heavy atom. The van der Waals surface area contributed by atoms with E-state index < -0.39 is 0 Å². The molecule has 1 nitrogen and oxygen atoms in total. The third-order valence-corrected chi connectivity index (χ3v) is 6.61. The molecule has 3 fully saturated rings. The quantitative estimate of drug-likeness (QED) is 0.763. The summed E-state index contributed by atoms with van der Waals surface area (Å²) in [5, 5.41) is 4.15. The van der Waals surface area contributed by atoms with Gasteiger partial charge in [-0.1, -0.05) is 46.0 Å². The topological polar surface area (TPSA) is 12.0 Å². The monoisotopic (exact) mass is 263 g/mol. The van der Waals surface area contributed by atoms with Gasteiger partial charge in [0, 0.05) is 12.1 Å². The van der Waals surface area contributed by atoms with Crippen LogP contribution in [0.15, 0.2) is 0 Å². The van der Waals surface area contributed by atoms with Crippen LogP contribution in [0.4, 0.5) is 0 Å². The molecule has 19 heavy (non-hydrogen) atoms. The van der Waals surface area contributed by atoms with E-state index in [0.717, 1.165) is 29.3 Å². The lowest BCUT2D eigenvalue weighted by Gasteiger charge is -2.54. The Morgan fingerprint density at radius 3 is 2.21 bits per heavy atom. The molecule has 0 aliphatic heterocycles. The van der Waals surface area contributed by atoms with Crippen molar-refractivity contribution >= 4 is 0 Å². The zero-order valence-corrected chi connectivity index (χ0v) is 13.1.